The number of nitrogens with zero attached hydrogens (tertiary/aromatic N) is 1. The first-order chi connectivity index (χ1) is 11.4. The van der Waals surface area contributed by atoms with Crippen LogP contribution in [0.25, 0.3) is 0 Å². The summed E-state index contributed by atoms with van der Waals surface area (Å²) in [5, 5.41) is 2.91. The first kappa shape index (κ1) is 20.1. The molecular formula is C19H29FN2O2. The molecule has 1 aromatic carbocycles. The van der Waals surface area contributed by atoms with E-state index < -0.39 is 6.04 Å². The number of hydrogen-bond donors (Lipinski definition) is 1. The lowest BCUT2D eigenvalue weighted by molar-refractivity contribution is -0.141. The Balaban J connectivity index is 2.94. The molecule has 1 rings (SSSR count). The molecule has 1 aromatic rings. The van der Waals surface area contributed by atoms with Crippen molar-refractivity contribution in [3.63, 3.8) is 0 Å². The molecule has 0 aliphatic carbocycles. The summed E-state index contributed by atoms with van der Waals surface area (Å²) in [7, 11) is 0. The van der Waals surface area contributed by atoms with E-state index in [4.69, 9.17) is 0 Å². The lowest BCUT2D eigenvalue weighted by atomic mass is 10.1. The molecule has 0 bridgehead atoms. The monoisotopic (exact) mass is 336 g/mol. The van der Waals surface area contributed by atoms with Crippen molar-refractivity contribution < 1.29 is 14.0 Å². The average Bonchev–Trinajstić information content (AvgIpc) is 2.54. The van der Waals surface area contributed by atoms with Crippen LogP contribution >= 0.6 is 0 Å². The van der Waals surface area contributed by atoms with Gasteiger partial charge in [0.05, 0.1) is 0 Å². The molecule has 134 valence electrons. The number of amides is 2. The zero-order valence-electron chi connectivity index (χ0n) is 15.1. The van der Waals surface area contributed by atoms with Gasteiger partial charge in [0.2, 0.25) is 11.8 Å². The van der Waals surface area contributed by atoms with E-state index in [1.165, 1.54) is 12.1 Å². The second kappa shape index (κ2) is 10.1. The van der Waals surface area contributed by atoms with Crippen LogP contribution in [-0.4, -0.2) is 29.3 Å². The molecule has 0 aliphatic heterocycles. The fraction of sp³-hybridized carbons (Fsp3) is 0.579. The van der Waals surface area contributed by atoms with Crippen LogP contribution in [0.2, 0.25) is 0 Å². The minimum atomic E-state index is -0.507. The van der Waals surface area contributed by atoms with Gasteiger partial charge in [-0.05, 0) is 36.5 Å². The molecule has 0 fully saturated rings. The summed E-state index contributed by atoms with van der Waals surface area (Å²) >= 11 is 0. The van der Waals surface area contributed by atoms with E-state index >= 15 is 0 Å². The van der Waals surface area contributed by atoms with Gasteiger partial charge in [-0.1, -0.05) is 39.8 Å². The van der Waals surface area contributed by atoms with Gasteiger partial charge in [0.15, 0.2) is 0 Å². The summed E-state index contributed by atoms with van der Waals surface area (Å²) in [6, 6.07) is 5.54. The van der Waals surface area contributed by atoms with Crippen molar-refractivity contribution >= 4 is 11.8 Å². The van der Waals surface area contributed by atoms with Crippen molar-refractivity contribution in [2.45, 2.75) is 59.5 Å². The predicted octanol–water partition coefficient (Wildman–Crippen LogP) is 3.51. The highest BCUT2D eigenvalue weighted by molar-refractivity contribution is 5.87. The molecule has 0 unspecified atom stereocenters. The predicted molar refractivity (Wildman–Crippen MR) is 93.8 cm³/mol. The van der Waals surface area contributed by atoms with Gasteiger partial charge in [-0.2, -0.15) is 0 Å². The third-order valence-electron chi connectivity index (χ3n) is 3.80. The fourth-order valence-electron chi connectivity index (χ4n) is 2.49. The number of nitrogens with one attached hydrogen (secondary N) is 1. The van der Waals surface area contributed by atoms with E-state index in [0.717, 1.165) is 12.0 Å². The van der Waals surface area contributed by atoms with Crippen molar-refractivity contribution in [2.24, 2.45) is 5.92 Å². The van der Waals surface area contributed by atoms with Gasteiger partial charge in [0.1, 0.15) is 11.9 Å². The van der Waals surface area contributed by atoms with Crippen LogP contribution in [0.3, 0.4) is 0 Å². The van der Waals surface area contributed by atoms with E-state index in [9.17, 15) is 14.0 Å². The number of benzene rings is 1. The molecule has 5 heteroatoms. The van der Waals surface area contributed by atoms with Crippen LogP contribution in [0.5, 0.6) is 0 Å². The largest absolute Gasteiger partial charge is 0.354 e. The van der Waals surface area contributed by atoms with E-state index in [-0.39, 0.29) is 17.6 Å². The Morgan fingerprint density at radius 3 is 2.29 bits per heavy atom. The smallest absolute Gasteiger partial charge is 0.242 e. The molecular weight excluding hydrogens is 307 g/mol. The van der Waals surface area contributed by atoms with Crippen LogP contribution in [0.1, 0.15) is 52.5 Å². The Hall–Kier alpha value is -1.91. The zero-order chi connectivity index (χ0) is 18.1. The second-order valence-corrected chi connectivity index (χ2v) is 6.46. The highest BCUT2D eigenvalue weighted by Gasteiger charge is 2.28. The van der Waals surface area contributed by atoms with Gasteiger partial charge in [-0.25, -0.2) is 4.39 Å². The third-order valence-corrected chi connectivity index (χ3v) is 3.80. The topological polar surface area (TPSA) is 49.4 Å². The van der Waals surface area contributed by atoms with Crippen LogP contribution in [-0.2, 0) is 16.1 Å². The standard InChI is InChI=1S/C19H29FN2O2/c1-5-7-18(23)22(13-15-8-10-16(20)11-9-15)17(6-2)19(24)21-12-14(3)4/h8-11,14,17H,5-7,12-13H2,1-4H3,(H,21,24)/t17-/m0/s1. The van der Waals surface area contributed by atoms with Crippen LogP contribution in [0.4, 0.5) is 4.39 Å². The number of halogens is 1. The van der Waals surface area contributed by atoms with E-state index in [2.05, 4.69) is 5.32 Å². The van der Waals surface area contributed by atoms with Gasteiger partial charge in [-0.3, -0.25) is 9.59 Å². The van der Waals surface area contributed by atoms with Gasteiger partial charge >= 0.3 is 0 Å². The van der Waals surface area contributed by atoms with Crippen LogP contribution < -0.4 is 5.32 Å². The Morgan fingerprint density at radius 2 is 1.79 bits per heavy atom. The molecule has 0 heterocycles. The lowest BCUT2D eigenvalue weighted by Crippen LogP contribution is -2.49. The van der Waals surface area contributed by atoms with E-state index in [1.807, 2.05) is 27.7 Å². The average molecular weight is 336 g/mol. The van der Waals surface area contributed by atoms with E-state index in [0.29, 0.717) is 31.8 Å². The summed E-state index contributed by atoms with van der Waals surface area (Å²) in [6.07, 6.45) is 1.67. The first-order valence-corrected chi connectivity index (χ1v) is 8.70. The van der Waals surface area contributed by atoms with Gasteiger partial charge in [-0.15, -0.1) is 0 Å². The maximum atomic E-state index is 13.1. The third kappa shape index (κ3) is 6.30. The molecule has 0 spiro atoms. The SMILES string of the molecule is CCCC(=O)N(Cc1ccc(F)cc1)[C@@H](CC)C(=O)NCC(C)C. The van der Waals surface area contributed by atoms with Gasteiger partial charge < -0.3 is 10.2 Å². The van der Waals surface area contributed by atoms with Gasteiger partial charge in [0.25, 0.3) is 0 Å². The Labute approximate surface area is 144 Å². The van der Waals surface area contributed by atoms with Crippen LogP contribution in [0, 0.1) is 11.7 Å². The molecule has 0 aliphatic rings. The summed E-state index contributed by atoms with van der Waals surface area (Å²) in [4.78, 5) is 26.7. The second-order valence-electron chi connectivity index (χ2n) is 6.46. The Morgan fingerprint density at radius 1 is 1.17 bits per heavy atom. The van der Waals surface area contributed by atoms with Crippen molar-refractivity contribution in [1.29, 1.82) is 0 Å². The fourth-order valence-corrected chi connectivity index (χ4v) is 2.49. The molecule has 0 aromatic heterocycles. The van der Waals surface area contributed by atoms with Crippen molar-refractivity contribution in [2.75, 3.05) is 6.54 Å². The minimum Gasteiger partial charge on any atom is -0.354 e. The summed E-state index contributed by atoms with van der Waals surface area (Å²) < 4.78 is 13.1. The highest BCUT2D eigenvalue weighted by Crippen LogP contribution is 2.15. The Bertz CT molecular complexity index is 529. The normalized spacial score (nSPS) is 12.1. The number of hydrogen-bond acceptors (Lipinski definition) is 2. The molecule has 1 N–H and O–H groups in total. The quantitative estimate of drug-likeness (QED) is 0.750. The molecule has 0 saturated carbocycles. The molecule has 0 saturated heterocycles. The summed E-state index contributed by atoms with van der Waals surface area (Å²) in [6.45, 7) is 8.79. The number of carbonyl (C=O) groups excluding carboxylic acids is 2. The first-order valence-electron chi connectivity index (χ1n) is 8.70. The van der Waals surface area contributed by atoms with Crippen LogP contribution in [0.15, 0.2) is 24.3 Å². The number of carbonyl (C=O) groups is 2. The molecule has 2 amide bonds. The molecule has 4 nitrogen and oxygen atoms in total. The maximum Gasteiger partial charge on any atom is 0.242 e. The van der Waals surface area contributed by atoms with Crippen molar-refractivity contribution in [3.05, 3.63) is 35.6 Å². The minimum absolute atomic E-state index is 0.0478. The summed E-state index contributed by atoms with van der Waals surface area (Å²) in [5.41, 5.74) is 0.816. The van der Waals surface area contributed by atoms with E-state index in [1.54, 1.807) is 17.0 Å². The molecule has 24 heavy (non-hydrogen) atoms. The highest BCUT2D eigenvalue weighted by atomic mass is 19.1. The molecule has 1 atom stereocenters. The van der Waals surface area contributed by atoms with Gasteiger partial charge in [0, 0.05) is 19.5 Å². The zero-order valence-corrected chi connectivity index (χ0v) is 15.1. The summed E-state index contributed by atoms with van der Waals surface area (Å²) in [5.74, 6) is -0.138. The number of rotatable bonds is 9. The van der Waals surface area contributed by atoms with Crippen molar-refractivity contribution in [3.8, 4) is 0 Å². The lowest BCUT2D eigenvalue weighted by Gasteiger charge is -2.31. The molecule has 0 radical (unpaired) electrons. The maximum absolute atomic E-state index is 13.1. The Kier molecular flexibility index (Phi) is 8.44. The van der Waals surface area contributed by atoms with Crippen molar-refractivity contribution in [1.82, 2.24) is 10.2 Å².